The minimum atomic E-state index is -3.45. The maximum atomic E-state index is 12.2. The number of hydrogen-bond donors (Lipinski definition) is 2. The van der Waals surface area contributed by atoms with Crippen molar-refractivity contribution in [2.45, 2.75) is 26.2 Å². The molecule has 1 saturated heterocycles. The first-order valence-corrected chi connectivity index (χ1v) is 8.45. The van der Waals surface area contributed by atoms with E-state index >= 15 is 0 Å². The zero-order valence-electron chi connectivity index (χ0n) is 12.1. The van der Waals surface area contributed by atoms with Crippen LogP contribution in [0.2, 0.25) is 0 Å². The third-order valence-corrected chi connectivity index (χ3v) is 4.88. The van der Waals surface area contributed by atoms with E-state index in [2.05, 4.69) is 16.6 Å². The highest BCUT2D eigenvalue weighted by Crippen LogP contribution is 2.19. The molecule has 6 heteroatoms. The van der Waals surface area contributed by atoms with Gasteiger partial charge in [0, 0.05) is 25.1 Å². The van der Waals surface area contributed by atoms with Gasteiger partial charge in [0.05, 0.1) is 12.3 Å². The average molecular weight is 308 g/mol. The number of benzene rings is 1. The lowest BCUT2D eigenvalue weighted by Gasteiger charge is -2.17. The third-order valence-electron chi connectivity index (χ3n) is 3.34. The Labute approximate surface area is 126 Å². The lowest BCUT2D eigenvalue weighted by atomic mass is 10.1. The standard InChI is InChI=1S/C15H20N2O3S/c1-13-12-15(8-7-14(13)6-2-5-11-18)16-21(19,20)17-9-3-4-10-17/h7-8,12,16,18H,3-5,9-11H2,1H3. The molecule has 0 spiro atoms. The summed E-state index contributed by atoms with van der Waals surface area (Å²) < 4.78 is 28.4. The van der Waals surface area contributed by atoms with Crippen molar-refractivity contribution in [2.24, 2.45) is 0 Å². The lowest BCUT2D eigenvalue weighted by Crippen LogP contribution is -2.33. The monoisotopic (exact) mass is 308 g/mol. The maximum Gasteiger partial charge on any atom is 0.301 e. The summed E-state index contributed by atoms with van der Waals surface area (Å²) in [6.45, 7) is 3.09. The summed E-state index contributed by atoms with van der Waals surface area (Å²) in [5, 5.41) is 8.71. The van der Waals surface area contributed by atoms with Crippen molar-refractivity contribution < 1.29 is 13.5 Å². The molecular weight excluding hydrogens is 288 g/mol. The minimum Gasteiger partial charge on any atom is -0.395 e. The van der Waals surface area contributed by atoms with Gasteiger partial charge >= 0.3 is 10.2 Å². The van der Waals surface area contributed by atoms with Gasteiger partial charge in [-0.1, -0.05) is 11.8 Å². The van der Waals surface area contributed by atoms with Crippen molar-refractivity contribution in [3.8, 4) is 11.8 Å². The SMILES string of the molecule is Cc1cc(NS(=O)(=O)N2CCCC2)ccc1C#CCCO. The van der Waals surface area contributed by atoms with Crippen LogP contribution in [0.4, 0.5) is 5.69 Å². The molecule has 0 bridgehead atoms. The van der Waals surface area contributed by atoms with Crippen molar-refractivity contribution in [1.82, 2.24) is 4.31 Å². The molecule has 1 heterocycles. The molecule has 2 N–H and O–H groups in total. The Kier molecular flexibility index (Phi) is 5.23. The summed E-state index contributed by atoms with van der Waals surface area (Å²) in [6.07, 6.45) is 2.27. The fourth-order valence-corrected chi connectivity index (χ4v) is 3.52. The second kappa shape index (κ2) is 6.94. The van der Waals surface area contributed by atoms with Gasteiger partial charge in [-0.2, -0.15) is 12.7 Å². The molecule has 1 aromatic carbocycles. The predicted octanol–water partition coefficient (Wildman–Crippen LogP) is 1.48. The van der Waals surface area contributed by atoms with Crippen molar-refractivity contribution in [2.75, 3.05) is 24.4 Å². The number of rotatable bonds is 4. The van der Waals surface area contributed by atoms with Gasteiger partial charge < -0.3 is 5.11 Å². The van der Waals surface area contributed by atoms with E-state index in [1.807, 2.05) is 6.92 Å². The van der Waals surface area contributed by atoms with Crippen LogP contribution in [0.3, 0.4) is 0 Å². The normalized spacial score (nSPS) is 15.5. The Morgan fingerprint density at radius 1 is 1.33 bits per heavy atom. The van der Waals surface area contributed by atoms with Gasteiger partial charge in [-0.3, -0.25) is 4.72 Å². The Hall–Kier alpha value is -1.55. The molecule has 0 aromatic heterocycles. The van der Waals surface area contributed by atoms with Crippen LogP contribution in [0, 0.1) is 18.8 Å². The summed E-state index contributed by atoms with van der Waals surface area (Å²) in [7, 11) is -3.45. The molecule has 114 valence electrons. The molecule has 21 heavy (non-hydrogen) atoms. The molecule has 0 amide bonds. The number of aliphatic hydroxyl groups is 1. The third kappa shape index (κ3) is 4.21. The molecule has 5 nitrogen and oxygen atoms in total. The Balaban J connectivity index is 2.12. The van der Waals surface area contributed by atoms with Crippen LogP contribution in [-0.4, -0.2) is 37.5 Å². The summed E-state index contributed by atoms with van der Waals surface area (Å²) >= 11 is 0. The summed E-state index contributed by atoms with van der Waals surface area (Å²) in [5.74, 6) is 5.82. The van der Waals surface area contributed by atoms with Crippen molar-refractivity contribution in [1.29, 1.82) is 0 Å². The van der Waals surface area contributed by atoms with Crippen LogP contribution in [0.5, 0.6) is 0 Å². The van der Waals surface area contributed by atoms with Gasteiger partial charge in [0.1, 0.15) is 0 Å². The molecule has 1 aromatic rings. The molecule has 1 fully saturated rings. The Morgan fingerprint density at radius 2 is 2.05 bits per heavy atom. The van der Waals surface area contributed by atoms with Crippen LogP contribution < -0.4 is 4.72 Å². The predicted molar refractivity (Wildman–Crippen MR) is 83.1 cm³/mol. The van der Waals surface area contributed by atoms with Crippen LogP contribution in [0.25, 0.3) is 0 Å². The molecule has 0 radical (unpaired) electrons. The molecule has 1 aliphatic rings. The largest absolute Gasteiger partial charge is 0.395 e. The van der Waals surface area contributed by atoms with E-state index in [1.54, 1.807) is 18.2 Å². The van der Waals surface area contributed by atoms with Crippen LogP contribution in [0.15, 0.2) is 18.2 Å². The van der Waals surface area contributed by atoms with Crippen molar-refractivity contribution in [3.63, 3.8) is 0 Å². The van der Waals surface area contributed by atoms with Gasteiger partial charge in [-0.25, -0.2) is 0 Å². The number of aliphatic hydroxyl groups excluding tert-OH is 1. The number of hydrogen-bond acceptors (Lipinski definition) is 3. The molecule has 0 atom stereocenters. The first-order valence-electron chi connectivity index (χ1n) is 7.01. The molecule has 2 rings (SSSR count). The van der Waals surface area contributed by atoms with E-state index < -0.39 is 10.2 Å². The van der Waals surface area contributed by atoms with Crippen molar-refractivity contribution in [3.05, 3.63) is 29.3 Å². The highest BCUT2D eigenvalue weighted by atomic mass is 32.2. The maximum absolute atomic E-state index is 12.2. The quantitative estimate of drug-likeness (QED) is 0.828. The fraction of sp³-hybridized carbons (Fsp3) is 0.467. The average Bonchev–Trinajstić information content (AvgIpc) is 2.96. The van der Waals surface area contributed by atoms with E-state index in [-0.39, 0.29) is 6.61 Å². The topological polar surface area (TPSA) is 69.6 Å². The van der Waals surface area contributed by atoms with Gasteiger partial charge in [-0.15, -0.1) is 0 Å². The summed E-state index contributed by atoms with van der Waals surface area (Å²) in [6, 6.07) is 5.28. The number of anilines is 1. The summed E-state index contributed by atoms with van der Waals surface area (Å²) in [5.41, 5.74) is 2.29. The molecule has 1 aliphatic heterocycles. The zero-order valence-corrected chi connectivity index (χ0v) is 12.9. The smallest absolute Gasteiger partial charge is 0.301 e. The molecular formula is C15H20N2O3S. The van der Waals surface area contributed by atoms with Gasteiger partial charge in [-0.05, 0) is 43.5 Å². The van der Waals surface area contributed by atoms with Gasteiger partial charge in [0.15, 0.2) is 0 Å². The highest BCUT2D eigenvalue weighted by molar-refractivity contribution is 7.90. The molecule has 0 saturated carbocycles. The van der Waals surface area contributed by atoms with Crippen LogP contribution in [-0.2, 0) is 10.2 Å². The molecule has 0 aliphatic carbocycles. The van der Waals surface area contributed by atoms with Gasteiger partial charge in [0.25, 0.3) is 0 Å². The van der Waals surface area contributed by atoms with Crippen LogP contribution >= 0.6 is 0 Å². The first kappa shape index (κ1) is 15.8. The van der Waals surface area contributed by atoms with E-state index in [0.29, 0.717) is 25.2 Å². The summed E-state index contributed by atoms with van der Waals surface area (Å²) in [4.78, 5) is 0. The Bertz CT molecular complexity index is 653. The number of nitrogens with one attached hydrogen (secondary N) is 1. The second-order valence-electron chi connectivity index (χ2n) is 5.02. The van der Waals surface area contributed by atoms with E-state index in [4.69, 9.17) is 5.11 Å². The number of aryl methyl sites for hydroxylation is 1. The lowest BCUT2D eigenvalue weighted by molar-refractivity contribution is 0.305. The molecule has 0 unspecified atom stereocenters. The van der Waals surface area contributed by atoms with E-state index in [0.717, 1.165) is 24.0 Å². The van der Waals surface area contributed by atoms with Crippen LogP contribution in [0.1, 0.15) is 30.4 Å². The minimum absolute atomic E-state index is 0.0414. The fourth-order valence-electron chi connectivity index (χ4n) is 2.22. The van der Waals surface area contributed by atoms with E-state index in [9.17, 15) is 8.42 Å². The second-order valence-corrected chi connectivity index (χ2v) is 6.69. The number of nitrogens with zero attached hydrogens (tertiary/aromatic N) is 1. The van der Waals surface area contributed by atoms with Crippen molar-refractivity contribution >= 4 is 15.9 Å². The first-order chi connectivity index (χ1) is 10.0. The zero-order chi connectivity index (χ0) is 15.3. The Morgan fingerprint density at radius 3 is 2.67 bits per heavy atom. The van der Waals surface area contributed by atoms with Gasteiger partial charge in [0.2, 0.25) is 0 Å². The highest BCUT2D eigenvalue weighted by Gasteiger charge is 2.25. The van der Waals surface area contributed by atoms with E-state index in [1.165, 1.54) is 4.31 Å².